The normalized spacial score (nSPS) is 9.56. The Bertz CT molecular complexity index is 162. The van der Waals surface area contributed by atoms with Gasteiger partial charge in [0.2, 0.25) is 0 Å². The number of aryl methyl sites for hydroxylation is 1. The van der Waals surface area contributed by atoms with Crippen molar-refractivity contribution in [3.05, 3.63) is 17.0 Å². The van der Waals surface area contributed by atoms with E-state index in [4.69, 9.17) is 4.74 Å². The summed E-state index contributed by atoms with van der Waals surface area (Å²) in [7, 11) is 1.71. The van der Waals surface area contributed by atoms with Gasteiger partial charge in [-0.05, 0) is 17.9 Å². The molecule has 0 radical (unpaired) electrons. The van der Waals surface area contributed by atoms with Crippen LogP contribution < -0.4 is 4.74 Å². The molecule has 0 aliphatic rings. The summed E-state index contributed by atoms with van der Waals surface area (Å²) in [5.41, 5.74) is 1.31. The van der Waals surface area contributed by atoms with Crippen molar-refractivity contribution in [1.29, 1.82) is 0 Å². The minimum atomic E-state index is 1.05. The van der Waals surface area contributed by atoms with E-state index in [0.29, 0.717) is 0 Å². The first-order valence-corrected chi connectivity index (χ1v) is 3.86. The third-order valence-electron chi connectivity index (χ3n) is 1.27. The Balaban J connectivity index is 2.85. The molecule has 0 saturated carbocycles. The number of rotatable bonds is 2. The molecule has 1 aromatic heterocycles. The third kappa shape index (κ3) is 1.24. The van der Waals surface area contributed by atoms with Crippen LogP contribution in [0.2, 0.25) is 0 Å². The Morgan fingerprint density at radius 3 is 2.89 bits per heavy atom. The monoisotopic (exact) mass is 142 g/mol. The van der Waals surface area contributed by atoms with E-state index in [1.54, 1.807) is 18.4 Å². The van der Waals surface area contributed by atoms with Crippen LogP contribution in [0.15, 0.2) is 11.4 Å². The van der Waals surface area contributed by atoms with Crippen LogP contribution in [0.25, 0.3) is 0 Å². The summed E-state index contributed by atoms with van der Waals surface area (Å²) in [6, 6.07) is 2.10. The molecule has 2 heteroatoms. The van der Waals surface area contributed by atoms with Crippen molar-refractivity contribution in [2.24, 2.45) is 0 Å². The van der Waals surface area contributed by atoms with Gasteiger partial charge >= 0.3 is 0 Å². The summed E-state index contributed by atoms with van der Waals surface area (Å²) in [5.74, 6) is 0. The lowest BCUT2D eigenvalue weighted by Crippen LogP contribution is -1.82. The molecule has 0 unspecified atom stereocenters. The van der Waals surface area contributed by atoms with Gasteiger partial charge in [-0.15, -0.1) is 11.3 Å². The predicted molar refractivity (Wildman–Crippen MR) is 40.2 cm³/mol. The maximum absolute atomic E-state index is 5.09. The molecule has 50 valence electrons. The van der Waals surface area contributed by atoms with E-state index in [0.717, 1.165) is 11.5 Å². The van der Waals surface area contributed by atoms with Crippen molar-refractivity contribution >= 4 is 11.3 Å². The minimum Gasteiger partial charge on any atom is -0.487 e. The summed E-state index contributed by atoms with van der Waals surface area (Å²) in [6.07, 6.45) is 1.06. The van der Waals surface area contributed by atoms with Gasteiger partial charge < -0.3 is 4.74 Å². The van der Waals surface area contributed by atoms with Crippen molar-refractivity contribution in [2.75, 3.05) is 7.11 Å². The summed E-state index contributed by atoms with van der Waals surface area (Å²) < 4.78 is 5.09. The maximum atomic E-state index is 5.09. The molecule has 0 atom stereocenters. The molecule has 9 heavy (non-hydrogen) atoms. The molecule has 1 rings (SSSR count). The maximum Gasteiger partial charge on any atom is 0.176 e. The fourth-order valence-corrected chi connectivity index (χ4v) is 1.58. The zero-order valence-corrected chi connectivity index (χ0v) is 6.49. The Hall–Kier alpha value is -0.500. The van der Waals surface area contributed by atoms with Crippen molar-refractivity contribution in [2.45, 2.75) is 13.3 Å². The molecule has 0 aliphatic heterocycles. The lowest BCUT2D eigenvalue weighted by molar-refractivity contribution is 0.423. The van der Waals surface area contributed by atoms with E-state index in [9.17, 15) is 0 Å². The van der Waals surface area contributed by atoms with Gasteiger partial charge in [0.25, 0.3) is 0 Å². The molecule has 1 heterocycles. The highest BCUT2D eigenvalue weighted by atomic mass is 32.1. The lowest BCUT2D eigenvalue weighted by Gasteiger charge is -1.95. The second kappa shape index (κ2) is 2.87. The first-order chi connectivity index (χ1) is 4.38. The van der Waals surface area contributed by atoms with Crippen LogP contribution in [0.4, 0.5) is 0 Å². The molecule has 1 nitrogen and oxygen atoms in total. The van der Waals surface area contributed by atoms with Crippen LogP contribution in [0.3, 0.4) is 0 Å². The van der Waals surface area contributed by atoms with E-state index in [1.807, 2.05) is 0 Å². The number of ether oxygens (including phenoxy) is 1. The Labute approximate surface area is 59.3 Å². The Morgan fingerprint density at radius 1 is 1.67 bits per heavy atom. The molecular formula is C7H10OS. The fourth-order valence-electron chi connectivity index (χ4n) is 0.763. The molecule has 0 fully saturated rings. The zero-order valence-electron chi connectivity index (χ0n) is 5.68. The summed E-state index contributed by atoms with van der Waals surface area (Å²) in [5, 5.41) is 3.11. The average molecular weight is 142 g/mol. The van der Waals surface area contributed by atoms with Crippen LogP contribution in [0, 0.1) is 0 Å². The van der Waals surface area contributed by atoms with E-state index >= 15 is 0 Å². The van der Waals surface area contributed by atoms with E-state index < -0.39 is 0 Å². The largest absolute Gasteiger partial charge is 0.487 e. The molecule has 0 spiro atoms. The standard InChI is InChI=1S/C7H10OS/c1-3-6-4-5-9-7(6)8-2/h4-5H,3H2,1-2H3. The van der Waals surface area contributed by atoms with Gasteiger partial charge in [-0.1, -0.05) is 6.92 Å². The second-order valence-corrected chi connectivity index (χ2v) is 2.67. The molecule has 1 aromatic rings. The number of methoxy groups -OCH3 is 1. The second-order valence-electron chi connectivity index (χ2n) is 1.79. The summed E-state index contributed by atoms with van der Waals surface area (Å²) in [4.78, 5) is 0. The van der Waals surface area contributed by atoms with Gasteiger partial charge in [0.15, 0.2) is 5.06 Å². The van der Waals surface area contributed by atoms with Crippen LogP contribution in [0.5, 0.6) is 5.06 Å². The Kier molecular flexibility index (Phi) is 2.11. The quantitative estimate of drug-likeness (QED) is 0.615. The molecule has 0 N–H and O–H groups in total. The summed E-state index contributed by atoms with van der Waals surface area (Å²) >= 11 is 1.65. The first kappa shape index (κ1) is 6.62. The Morgan fingerprint density at radius 2 is 2.44 bits per heavy atom. The molecule has 0 amide bonds. The van der Waals surface area contributed by atoms with E-state index in [2.05, 4.69) is 18.4 Å². The highest BCUT2D eigenvalue weighted by Gasteiger charge is 1.98. The average Bonchev–Trinajstić information content (AvgIpc) is 2.33. The van der Waals surface area contributed by atoms with Crippen molar-refractivity contribution in [3.63, 3.8) is 0 Å². The van der Waals surface area contributed by atoms with Gasteiger partial charge in [-0.25, -0.2) is 0 Å². The molecule has 0 aromatic carbocycles. The smallest absolute Gasteiger partial charge is 0.176 e. The SMILES string of the molecule is CCc1ccsc1OC. The van der Waals surface area contributed by atoms with Crippen LogP contribution in [0.1, 0.15) is 12.5 Å². The molecule has 0 aliphatic carbocycles. The first-order valence-electron chi connectivity index (χ1n) is 2.98. The number of hydrogen-bond donors (Lipinski definition) is 0. The molecular weight excluding hydrogens is 132 g/mol. The van der Waals surface area contributed by atoms with Crippen LogP contribution in [-0.2, 0) is 6.42 Å². The fraction of sp³-hybridized carbons (Fsp3) is 0.429. The van der Waals surface area contributed by atoms with Gasteiger partial charge in [0.05, 0.1) is 7.11 Å². The highest BCUT2D eigenvalue weighted by molar-refractivity contribution is 7.12. The zero-order chi connectivity index (χ0) is 6.69. The number of thiophene rings is 1. The van der Waals surface area contributed by atoms with Gasteiger partial charge in [-0.3, -0.25) is 0 Å². The lowest BCUT2D eigenvalue weighted by atomic mass is 10.3. The predicted octanol–water partition coefficient (Wildman–Crippen LogP) is 2.32. The van der Waals surface area contributed by atoms with Crippen molar-refractivity contribution in [3.8, 4) is 5.06 Å². The van der Waals surface area contributed by atoms with Gasteiger partial charge in [-0.2, -0.15) is 0 Å². The molecule has 0 bridgehead atoms. The van der Waals surface area contributed by atoms with Crippen LogP contribution >= 0.6 is 11.3 Å². The van der Waals surface area contributed by atoms with Crippen LogP contribution in [-0.4, -0.2) is 7.11 Å². The molecule has 0 saturated heterocycles. The number of hydrogen-bond acceptors (Lipinski definition) is 2. The third-order valence-corrected chi connectivity index (χ3v) is 2.19. The van der Waals surface area contributed by atoms with Gasteiger partial charge in [0, 0.05) is 5.56 Å². The van der Waals surface area contributed by atoms with E-state index in [1.165, 1.54) is 5.56 Å². The highest BCUT2D eigenvalue weighted by Crippen LogP contribution is 2.25. The summed E-state index contributed by atoms with van der Waals surface area (Å²) in [6.45, 7) is 2.13. The van der Waals surface area contributed by atoms with Gasteiger partial charge in [0.1, 0.15) is 0 Å². The van der Waals surface area contributed by atoms with Crippen molar-refractivity contribution in [1.82, 2.24) is 0 Å². The van der Waals surface area contributed by atoms with Crippen molar-refractivity contribution < 1.29 is 4.74 Å². The topological polar surface area (TPSA) is 9.23 Å². The van der Waals surface area contributed by atoms with E-state index in [-0.39, 0.29) is 0 Å². The minimum absolute atomic E-state index is 1.05.